The Morgan fingerprint density at radius 1 is 1.17 bits per heavy atom. The van der Waals surface area contributed by atoms with Gasteiger partial charge in [-0.2, -0.15) is 4.21 Å². The highest BCUT2D eigenvalue weighted by Crippen LogP contribution is 2.33. The number of carbonyl (C=O) groups is 1. The zero-order chi connectivity index (χ0) is 21.4. The van der Waals surface area contributed by atoms with E-state index in [4.69, 9.17) is 14.7 Å². The van der Waals surface area contributed by atoms with Gasteiger partial charge in [0.1, 0.15) is 17.3 Å². The first-order valence-corrected chi connectivity index (χ1v) is 10.3. The predicted octanol–water partition coefficient (Wildman–Crippen LogP) is 2.88. The van der Waals surface area contributed by atoms with E-state index in [9.17, 15) is 9.00 Å². The number of hydrogen-bond acceptors (Lipinski definition) is 4. The zero-order valence-corrected chi connectivity index (χ0v) is 18.0. The first-order chi connectivity index (χ1) is 13.8. The predicted molar refractivity (Wildman–Crippen MR) is 115 cm³/mol. The highest BCUT2D eigenvalue weighted by molar-refractivity contribution is 7.79. The van der Waals surface area contributed by atoms with E-state index in [-0.39, 0.29) is 11.7 Å². The van der Waals surface area contributed by atoms with Crippen LogP contribution in [-0.2, 0) is 16.1 Å². The van der Waals surface area contributed by atoms with Gasteiger partial charge in [0, 0.05) is 19.0 Å². The van der Waals surface area contributed by atoms with Gasteiger partial charge in [0.05, 0.1) is 6.61 Å². The molecule has 2 aromatic carbocycles. The molecule has 1 amide bonds. The van der Waals surface area contributed by atoms with Gasteiger partial charge in [-0.05, 0) is 49.9 Å². The molecule has 0 spiro atoms. The van der Waals surface area contributed by atoms with Gasteiger partial charge in [-0.3, -0.25) is 4.79 Å². The summed E-state index contributed by atoms with van der Waals surface area (Å²) in [4.78, 5) is 11.3. The van der Waals surface area contributed by atoms with E-state index in [1.165, 1.54) is 0 Å². The molecule has 0 aliphatic rings. The van der Waals surface area contributed by atoms with Gasteiger partial charge in [0.25, 0.3) is 0 Å². The summed E-state index contributed by atoms with van der Waals surface area (Å²) in [5, 5.41) is 2.58. The highest BCUT2D eigenvalue weighted by atomic mass is 32.2. The van der Waals surface area contributed by atoms with Crippen LogP contribution < -0.4 is 20.0 Å². The molecule has 1 atom stereocenters. The van der Waals surface area contributed by atoms with Gasteiger partial charge in [0.2, 0.25) is 5.91 Å². The second-order valence-corrected chi connectivity index (χ2v) is 7.32. The van der Waals surface area contributed by atoms with Crippen molar-refractivity contribution >= 4 is 23.0 Å². The van der Waals surface area contributed by atoms with E-state index in [1.807, 2.05) is 45.0 Å². The largest absolute Gasteiger partial charge is 0.493 e. The van der Waals surface area contributed by atoms with Crippen molar-refractivity contribution in [1.82, 2.24) is 5.32 Å². The molecule has 3 N–H and O–H groups in total. The molecule has 0 bridgehead atoms. The normalized spacial score (nSPS) is 12.3. The number of carbonyl (C=O) groups excluding carboxylic acids is 1. The van der Waals surface area contributed by atoms with Crippen LogP contribution in [0.2, 0.25) is 0 Å². The van der Waals surface area contributed by atoms with Gasteiger partial charge < -0.3 is 20.0 Å². The molecule has 29 heavy (non-hydrogen) atoms. The fourth-order valence-electron chi connectivity index (χ4n) is 2.67. The number of benzene rings is 2. The number of ether oxygens (including phenoxy) is 1. The maximum atomic E-state index is 12.4. The summed E-state index contributed by atoms with van der Waals surface area (Å²) < 4.78 is 27.7. The summed E-state index contributed by atoms with van der Waals surface area (Å²) in [6.07, 6.45) is 1.03. The number of amides is 1. The Bertz CT molecular complexity index is 914. The van der Waals surface area contributed by atoms with Crippen LogP contribution in [0.4, 0.5) is 0 Å². The van der Waals surface area contributed by atoms with Crippen LogP contribution in [0.3, 0.4) is 0 Å². The van der Waals surface area contributed by atoms with E-state index in [0.29, 0.717) is 36.5 Å². The summed E-state index contributed by atoms with van der Waals surface area (Å²) in [5.74, 6) is 1.33. The van der Waals surface area contributed by atoms with Crippen molar-refractivity contribution in [2.45, 2.75) is 33.6 Å². The Morgan fingerprint density at radius 3 is 2.52 bits per heavy atom. The van der Waals surface area contributed by atoms with Crippen LogP contribution >= 0.6 is 0 Å². The third-order valence-corrected chi connectivity index (χ3v) is 5.12. The number of amidine groups is 1. The number of hydrogen-bond donors (Lipinski definition) is 2. The van der Waals surface area contributed by atoms with E-state index in [0.717, 1.165) is 16.7 Å². The smallest absolute Gasteiger partial charge is 0.340 e. The number of rotatable bonds is 9. The van der Waals surface area contributed by atoms with Crippen LogP contribution in [0.5, 0.6) is 11.5 Å². The van der Waals surface area contributed by atoms with Crippen molar-refractivity contribution in [2.75, 3.05) is 13.7 Å². The van der Waals surface area contributed by atoms with Gasteiger partial charge in [-0.1, -0.05) is 30.3 Å². The minimum Gasteiger partial charge on any atom is -0.493 e. The van der Waals surface area contributed by atoms with Crippen LogP contribution in [0.1, 0.15) is 35.1 Å². The Morgan fingerprint density at radius 2 is 1.86 bits per heavy atom. The highest BCUT2D eigenvalue weighted by Gasteiger charge is 2.15. The fraction of sp³-hybridized carbons (Fsp3) is 0.333. The van der Waals surface area contributed by atoms with Gasteiger partial charge in [-0.25, -0.2) is 0 Å². The molecule has 0 heterocycles. The number of nitrogens with two attached hydrogens (primary N) is 1. The lowest BCUT2D eigenvalue weighted by atomic mass is 10.0. The lowest BCUT2D eigenvalue weighted by molar-refractivity contribution is -0.120. The number of nitrogens with zero attached hydrogens (tertiary/aromatic N) is 1. The third kappa shape index (κ3) is 6.32. The number of nitrogens with one attached hydrogen (secondary N) is 1. The monoisotopic (exact) mass is 417 g/mol. The first kappa shape index (κ1) is 22.4. The molecule has 7 nitrogen and oxygen atoms in total. The Kier molecular flexibility index (Phi) is 8.21. The molecule has 8 heteroatoms. The molecule has 1 unspecified atom stereocenters. The first-order valence-electron chi connectivity index (χ1n) is 9.27. The lowest BCUT2D eigenvalue weighted by Crippen LogP contribution is -2.18. The van der Waals surface area contributed by atoms with Crippen molar-refractivity contribution in [3.05, 3.63) is 58.7 Å². The van der Waals surface area contributed by atoms with Gasteiger partial charge in [-0.15, -0.1) is 4.40 Å². The summed E-state index contributed by atoms with van der Waals surface area (Å²) in [5.41, 5.74) is 9.05. The maximum absolute atomic E-state index is 12.4. The molecule has 0 saturated carbocycles. The molecular weight excluding hydrogens is 390 g/mol. The second-order valence-electron chi connectivity index (χ2n) is 6.54. The van der Waals surface area contributed by atoms with Crippen LogP contribution in [-0.4, -0.2) is 29.6 Å². The van der Waals surface area contributed by atoms with Crippen LogP contribution in [0, 0.1) is 20.8 Å². The van der Waals surface area contributed by atoms with Crippen LogP contribution in [0.15, 0.2) is 40.8 Å². The summed E-state index contributed by atoms with van der Waals surface area (Å²) >= 11 is -1.97. The molecule has 2 rings (SSSR count). The van der Waals surface area contributed by atoms with E-state index in [1.54, 1.807) is 19.2 Å². The van der Waals surface area contributed by atoms with E-state index >= 15 is 0 Å². The van der Waals surface area contributed by atoms with Crippen molar-refractivity contribution in [3.63, 3.8) is 0 Å². The molecule has 2 aromatic rings. The zero-order valence-electron chi connectivity index (χ0n) is 17.2. The standard InChI is InChI=1S/C21H27N3O4S/c1-14-13-18(27-12-8-11-19(25)23-4)15(2)16(3)20(14)28-29(26)24-21(22)17-9-6-5-7-10-17/h5-7,9-10,13H,8,11-12H2,1-4H3,(H2,22,24)(H,23,25). The van der Waals surface area contributed by atoms with Crippen molar-refractivity contribution in [2.24, 2.45) is 10.1 Å². The molecule has 0 aliphatic heterocycles. The van der Waals surface area contributed by atoms with Crippen molar-refractivity contribution in [3.8, 4) is 11.5 Å². The number of aryl methyl sites for hydroxylation is 1. The average Bonchev–Trinajstić information content (AvgIpc) is 2.72. The minimum absolute atomic E-state index is 0.0146. The second kappa shape index (κ2) is 10.6. The van der Waals surface area contributed by atoms with Gasteiger partial charge >= 0.3 is 11.3 Å². The average molecular weight is 418 g/mol. The SMILES string of the molecule is CNC(=O)CCCOc1cc(C)c(OS(=O)N=C(N)c2ccccc2)c(C)c1C. The Balaban J connectivity index is 2.09. The Labute approximate surface area is 174 Å². The molecule has 0 radical (unpaired) electrons. The molecule has 0 saturated heterocycles. The molecule has 156 valence electrons. The van der Waals surface area contributed by atoms with Crippen molar-refractivity contribution < 1.29 is 17.9 Å². The molecule has 0 fully saturated rings. The fourth-order valence-corrected chi connectivity index (χ4v) is 3.37. The van der Waals surface area contributed by atoms with E-state index < -0.39 is 11.3 Å². The van der Waals surface area contributed by atoms with E-state index in [2.05, 4.69) is 9.71 Å². The lowest BCUT2D eigenvalue weighted by Gasteiger charge is -2.16. The summed E-state index contributed by atoms with van der Waals surface area (Å²) in [6.45, 7) is 6.05. The third-order valence-electron chi connectivity index (χ3n) is 4.46. The van der Waals surface area contributed by atoms with Crippen molar-refractivity contribution in [1.29, 1.82) is 0 Å². The Hall–Kier alpha value is -2.87. The molecule has 0 aromatic heterocycles. The molecule has 0 aliphatic carbocycles. The quantitative estimate of drug-likeness (QED) is 0.371. The molecular formula is C21H27N3O4S. The topological polar surface area (TPSA) is 103 Å². The maximum Gasteiger partial charge on any atom is 0.340 e. The minimum atomic E-state index is -1.97. The van der Waals surface area contributed by atoms with Crippen LogP contribution in [0.25, 0.3) is 0 Å². The van der Waals surface area contributed by atoms with Gasteiger partial charge in [0.15, 0.2) is 0 Å². The summed E-state index contributed by atoms with van der Waals surface area (Å²) in [6, 6.07) is 10.9. The summed E-state index contributed by atoms with van der Waals surface area (Å²) in [7, 11) is 1.61.